The van der Waals surface area contributed by atoms with Crippen LogP contribution in [0, 0.1) is 0 Å². The van der Waals surface area contributed by atoms with E-state index in [-0.39, 0.29) is 6.16 Å². The Morgan fingerprint density at radius 3 is 1.67 bits per heavy atom. The highest BCUT2D eigenvalue weighted by molar-refractivity contribution is 7.50. The van der Waals surface area contributed by atoms with Gasteiger partial charge in [0.15, 0.2) is 0 Å². The van der Waals surface area contributed by atoms with Crippen molar-refractivity contribution in [2.75, 3.05) is 14.1 Å². The molecule has 5 heteroatoms. The highest BCUT2D eigenvalue weighted by Crippen LogP contribution is 2.39. The molecular weight excluding hydrogens is 285 g/mol. The van der Waals surface area contributed by atoms with E-state index in [4.69, 9.17) is 9.79 Å². The van der Waals surface area contributed by atoms with Crippen LogP contribution in [0.5, 0.6) is 0 Å². The Morgan fingerprint density at radius 2 is 1.29 bits per heavy atom. The molecule has 0 aliphatic heterocycles. The van der Waals surface area contributed by atoms with E-state index in [1.807, 2.05) is 26.2 Å². The molecule has 0 spiro atoms. The molecule has 0 bridgehead atoms. The summed E-state index contributed by atoms with van der Waals surface area (Å²) in [7, 11) is 0.0712. The van der Waals surface area contributed by atoms with Crippen LogP contribution in [0.4, 0.5) is 0 Å². The minimum Gasteiger partial charge on any atom is -0.324 e. The SMILES string of the molecule is CN(C)Cc1ccc(-c2ccc(CP(=O)(O)O)cc2)cc1. The van der Waals surface area contributed by atoms with Crippen LogP contribution >= 0.6 is 7.60 Å². The number of rotatable bonds is 5. The van der Waals surface area contributed by atoms with Gasteiger partial charge < -0.3 is 14.7 Å². The van der Waals surface area contributed by atoms with Crippen LogP contribution in [0.3, 0.4) is 0 Å². The number of hydrogen-bond acceptors (Lipinski definition) is 2. The fraction of sp³-hybridized carbons (Fsp3) is 0.250. The Hall–Kier alpha value is -1.45. The average Bonchev–Trinajstić information content (AvgIpc) is 2.38. The number of benzene rings is 2. The maximum absolute atomic E-state index is 11.0. The summed E-state index contributed by atoms with van der Waals surface area (Å²) in [5, 5.41) is 0. The van der Waals surface area contributed by atoms with Crippen molar-refractivity contribution in [3.05, 3.63) is 59.7 Å². The zero-order chi connectivity index (χ0) is 15.5. The van der Waals surface area contributed by atoms with Crippen molar-refractivity contribution in [1.29, 1.82) is 0 Å². The van der Waals surface area contributed by atoms with E-state index in [2.05, 4.69) is 29.2 Å². The molecule has 112 valence electrons. The van der Waals surface area contributed by atoms with Crippen molar-refractivity contribution >= 4 is 7.60 Å². The summed E-state index contributed by atoms with van der Waals surface area (Å²) in [5.41, 5.74) is 4.04. The first-order chi connectivity index (χ1) is 9.83. The van der Waals surface area contributed by atoms with Crippen molar-refractivity contribution in [3.8, 4) is 11.1 Å². The molecule has 0 atom stereocenters. The molecule has 0 fully saturated rings. The van der Waals surface area contributed by atoms with Crippen molar-refractivity contribution in [2.45, 2.75) is 12.7 Å². The predicted octanol–water partition coefficient (Wildman–Crippen LogP) is 3.09. The Balaban J connectivity index is 2.13. The fourth-order valence-electron chi connectivity index (χ4n) is 2.21. The standard InChI is InChI=1S/C16H20NO3P/c1-17(2)11-13-3-7-15(8-4-13)16-9-5-14(6-10-16)12-21(18,19)20/h3-10H,11-12H2,1-2H3,(H2,18,19,20). The molecule has 21 heavy (non-hydrogen) atoms. The number of hydrogen-bond donors (Lipinski definition) is 2. The summed E-state index contributed by atoms with van der Waals surface area (Å²) in [6.45, 7) is 0.904. The van der Waals surface area contributed by atoms with Gasteiger partial charge in [0, 0.05) is 6.54 Å². The van der Waals surface area contributed by atoms with Crippen LogP contribution in [0.1, 0.15) is 11.1 Å². The zero-order valence-corrected chi connectivity index (χ0v) is 13.1. The largest absolute Gasteiger partial charge is 0.329 e. The zero-order valence-electron chi connectivity index (χ0n) is 12.2. The molecule has 0 saturated heterocycles. The van der Waals surface area contributed by atoms with E-state index in [1.54, 1.807) is 12.1 Å². The van der Waals surface area contributed by atoms with Gasteiger partial charge in [-0.1, -0.05) is 48.5 Å². The van der Waals surface area contributed by atoms with E-state index in [0.717, 1.165) is 17.7 Å². The molecular formula is C16H20NO3P. The lowest BCUT2D eigenvalue weighted by atomic mass is 10.0. The van der Waals surface area contributed by atoms with Gasteiger partial charge in [-0.15, -0.1) is 0 Å². The molecule has 0 radical (unpaired) electrons. The molecule has 4 nitrogen and oxygen atoms in total. The van der Waals surface area contributed by atoms with Gasteiger partial charge in [0.05, 0.1) is 6.16 Å². The normalized spacial score (nSPS) is 11.9. The van der Waals surface area contributed by atoms with Gasteiger partial charge in [-0.25, -0.2) is 0 Å². The van der Waals surface area contributed by atoms with Crippen LogP contribution in [-0.4, -0.2) is 28.8 Å². The van der Waals surface area contributed by atoms with Crippen molar-refractivity contribution in [3.63, 3.8) is 0 Å². The Morgan fingerprint density at radius 1 is 0.857 bits per heavy atom. The molecule has 2 aromatic carbocycles. The Labute approximate surface area is 125 Å². The Bertz CT molecular complexity index is 630. The van der Waals surface area contributed by atoms with Crippen LogP contribution in [-0.2, 0) is 17.3 Å². The van der Waals surface area contributed by atoms with E-state index in [1.165, 1.54) is 5.56 Å². The topological polar surface area (TPSA) is 60.8 Å². The summed E-state index contributed by atoms with van der Waals surface area (Å²) in [6, 6.07) is 15.6. The minimum atomic E-state index is -4.00. The maximum Gasteiger partial charge on any atom is 0.329 e. The first-order valence-electron chi connectivity index (χ1n) is 6.71. The highest BCUT2D eigenvalue weighted by atomic mass is 31.2. The first kappa shape index (κ1) is 15.9. The van der Waals surface area contributed by atoms with Gasteiger partial charge in [-0.3, -0.25) is 4.57 Å². The van der Waals surface area contributed by atoms with Crippen molar-refractivity contribution < 1.29 is 14.4 Å². The van der Waals surface area contributed by atoms with Gasteiger partial charge in [0.1, 0.15) is 0 Å². The average molecular weight is 305 g/mol. The molecule has 2 N–H and O–H groups in total. The Kier molecular flexibility index (Phi) is 4.96. The molecule has 0 heterocycles. The highest BCUT2D eigenvalue weighted by Gasteiger charge is 2.13. The summed E-state index contributed by atoms with van der Waals surface area (Å²) in [4.78, 5) is 20.1. The van der Waals surface area contributed by atoms with Gasteiger partial charge in [-0.05, 0) is 36.3 Å². The van der Waals surface area contributed by atoms with Crippen LogP contribution in [0.2, 0.25) is 0 Å². The van der Waals surface area contributed by atoms with E-state index >= 15 is 0 Å². The van der Waals surface area contributed by atoms with Crippen LogP contribution < -0.4 is 0 Å². The summed E-state index contributed by atoms with van der Waals surface area (Å²) < 4.78 is 11.0. The van der Waals surface area contributed by atoms with Crippen LogP contribution in [0.15, 0.2) is 48.5 Å². The summed E-state index contributed by atoms with van der Waals surface area (Å²) in [6.07, 6.45) is -0.213. The summed E-state index contributed by atoms with van der Waals surface area (Å²) in [5.74, 6) is 0. The smallest absolute Gasteiger partial charge is 0.324 e. The molecule has 0 aliphatic carbocycles. The third kappa shape index (κ3) is 5.10. The van der Waals surface area contributed by atoms with Crippen molar-refractivity contribution in [1.82, 2.24) is 4.90 Å². The summed E-state index contributed by atoms with van der Waals surface area (Å²) >= 11 is 0. The molecule has 0 aromatic heterocycles. The third-order valence-corrected chi connectivity index (χ3v) is 3.91. The molecule has 0 aliphatic rings. The van der Waals surface area contributed by atoms with Gasteiger partial charge in [-0.2, -0.15) is 0 Å². The lowest BCUT2D eigenvalue weighted by Crippen LogP contribution is -2.10. The lowest BCUT2D eigenvalue weighted by molar-refractivity contribution is 0.371. The van der Waals surface area contributed by atoms with Gasteiger partial charge in [0.2, 0.25) is 0 Å². The maximum atomic E-state index is 11.0. The second-order valence-corrected chi connectivity index (χ2v) is 7.10. The third-order valence-electron chi connectivity index (χ3n) is 3.13. The first-order valence-corrected chi connectivity index (χ1v) is 8.51. The predicted molar refractivity (Wildman–Crippen MR) is 85.0 cm³/mol. The molecule has 0 unspecified atom stereocenters. The molecule has 0 amide bonds. The molecule has 0 saturated carbocycles. The lowest BCUT2D eigenvalue weighted by Gasteiger charge is -2.10. The van der Waals surface area contributed by atoms with Crippen LogP contribution in [0.25, 0.3) is 11.1 Å². The fourth-order valence-corrected chi connectivity index (χ4v) is 2.89. The van der Waals surface area contributed by atoms with Crippen molar-refractivity contribution in [2.24, 2.45) is 0 Å². The van der Waals surface area contributed by atoms with E-state index in [9.17, 15) is 4.57 Å². The number of nitrogens with zero attached hydrogens (tertiary/aromatic N) is 1. The van der Waals surface area contributed by atoms with Gasteiger partial charge >= 0.3 is 7.60 Å². The van der Waals surface area contributed by atoms with E-state index < -0.39 is 7.60 Å². The monoisotopic (exact) mass is 305 g/mol. The quantitative estimate of drug-likeness (QED) is 0.833. The second kappa shape index (κ2) is 6.54. The minimum absolute atomic E-state index is 0.213. The second-order valence-electron chi connectivity index (χ2n) is 5.45. The molecule has 2 aromatic rings. The van der Waals surface area contributed by atoms with Gasteiger partial charge in [0.25, 0.3) is 0 Å². The van der Waals surface area contributed by atoms with E-state index in [0.29, 0.717) is 5.56 Å². The molecule has 2 rings (SSSR count).